The predicted octanol–water partition coefficient (Wildman–Crippen LogP) is 5.29. The summed E-state index contributed by atoms with van der Waals surface area (Å²) in [6, 6.07) is 8.59. The number of ether oxygens (including phenoxy) is 1. The van der Waals surface area contributed by atoms with Crippen molar-refractivity contribution in [3.63, 3.8) is 0 Å². The van der Waals surface area contributed by atoms with Crippen LogP contribution in [0, 0.1) is 5.41 Å². The van der Waals surface area contributed by atoms with Crippen molar-refractivity contribution in [3.05, 3.63) is 65.5 Å². The first-order valence-electron chi connectivity index (χ1n) is 12.4. The van der Waals surface area contributed by atoms with Gasteiger partial charge in [0.05, 0.1) is 17.8 Å². The third-order valence-electron chi connectivity index (χ3n) is 7.27. The minimum absolute atomic E-state index is 0.0948. The van der Waals surface area contributed by atoms with Gasteiger partial charge in [-0.05, 0) is 54.5 Å². The van der Waals surface area contributed by atoms with E-state index in [0.29, 0.717) is 12.5 Å². The van der Waals surface area contributed by atoms with Gasteiger partial charge in [-0.1, -0.05) is 26.0 Å². The van der Waals surface area contributed by atoms with Crippen molar-refractivity contribution in [2.24, 2.45) is 5.41 Å². The van der Waals surface area contributed by atoms with Crippen molar-refractivity contribution in [3.8, 4) is 16.9 Å². The molecule has 0 bridgehead atoms. The molecule has 1 aromatic carbocycles. The second kappa shape index (κ2) is 7.63. The largest absolute Gasteiger partial charge is 0.491 e. The number of hydrogen-bond donors (Lipinski definition) is 1. The lowest BCUT2D eigenvalue weighted by molar-refractivity contribution is 0.331. The van der Waals surface area contributed by atoms with Crippen LogP contribution >= 0.6 is 0 Å². The maximum absolute atomic E-state index is 6.15. The Morgan fingerprint density at radius 3 is 2.89 bits per heavy atom. The summed E-state index contributed by atoms with van der Waals surface area (Å²) < 4.78 is 6.15. The number of H-pyrrole nitrogens is 1. The first-order chi connectivity index (χ1) is 17.0. The maximum Gasteiger partial charge on any atom is 0.177 e. The summed E-state index contributed by atoms with van der Waals surface area (Å²) >= 11 is 0. The van der Waals surface area contributed by atoms with Crippen LogP contribution in [-0.2, 0) is 13.0 Å². The van der Waals surface area contributed by atoms with Gasteiger partial charge in [0.15, 0.2) is 5.65 Å². The second-order valence-corrected chi connectivity index (χ2v) is 10.6. The number of hydrogen-bond acceptors (Lipinski definition) is 6. The molecule has 176 valence electrons. The third kappa shape index (κ3) is 3.75. The number of aromatic amines is 1. The molecule has 0 radical (unpaired) electrons. The fourth-order valence-corrected chi connectivity index (χ4v) is 5.20. The average Bonchev–Trinajstić information content (AvgIpc) is 3.65. The molecule has 7 nitrogen and oxygen atoms in total. The third-order valence-corrected chi connectivity index (χ3v) is 7.27. The molecule has 0 saturated heterocycles. The van der Waals surface area contributed by atoms with Crippen LogP contribution in [-0.4, -0.2) is 38.1 Å². The highest BCUT2D eigenvalue weighted by atomic mass is 16.5. The van der Waals surface area contributed by atoms with Crippen LogP contribution in [0.2, 0.25) is 0 Å². The summed E-state index contributed by atoms with van der Waals surface area (Å²) in [5.74, 6) is 3.60. The number of aromatic nitrogens is 5. The minimum atomic E-state index is 0.0948. The summed E-state index contributed by atoms with van der Waals surface area (Å²) in [5, 5.41) is 0. The van der Waals surface area contributed by atoms with Gasteiger partial charge in [0.1, 0.15) is 30.3 Å². The van der Waals surface area contributed by atoms with E-state index in [1.54, 1.807) is 6.33 Å². The summed E-state index contributed by atoms with van der Waals surface area (Å²) in [6.45, 7) is 6.66. The highest BCUT2D eigenvalue weighted by Gasteiger charge is 2.28. The Kier molecular flexibility index (Phi) is 4.50. The van der Waals surface area contributed by atoms with Crippen LogP contribution in [0.5, 0.6) is 5.75 Å². The van der Waals surface area contributed by atoms with E-state index >= 15 is 0 Å². The Labute approximate surface area is 204 Å². The van der Waals surface area contributed by atoms with Crippen molar-refractivity contribution in [1.82, 2.24) is 24.9 Å². The molecular formula is C28H28N6O. The molecule has 0 unspecified atom stereocenters. The standard InChI is InChI=1S/C28H28N6O/c1-28(2)8-7-22-21(13-28)27(31-16-30-22)34-9-10-35-24-6-5-18(11-20(24)15-34)19-12-23-26(29-14-19)33-25(32-23)17-3-4-17/h5-8,11-12,14,16-17H,3-4,9-10,13,15H2,1-2H3,(H,29,32,33). The molecular weight excluding hydrogens is 436 g/mol. The normalized spacial score (nSPS) is 18.6. The zero-order valence-corrected chi connectivity index (χ0v) is 20.1. The molecule has 3 aliphatic rings. The SMILES string of the molecule is CC1(C)C=Cc2ncnc(N3CCOc4ccc(-c5cnc6nc(C7CC7)[nH]c6c5)cc4C3)c2C1. The number of rotatable bonds is 3. The lowest BCUT2D eigenvalue weighted by Gasteiger charge is -2.30. The van der Waals surface area contributed by atoms with Gasteiger partial charge in [-0.2, -0.15) is 0 Å². The van der Waals surface area contributed by atoms with E-state index in [1.165, 1.54) is 18.4 Å². The Morgan fingerprint density at radius 2 is 2.00 bits per heavy atom. The number of anilines is 1. The van der Waals surface area contributed by atoms with Crippen LogP contribution in [0.1, 0.15) is 55.3 Å². The molecule has 7 heteroatoms. The van der Waals surface area contributed by atoms with Crippen molar-refractivity contribution in [2.75, 3.05) is 18.1 Å². The maximum atomic E-state index is 6.15. The molecule has 1 aliphatic heterocycles. The molecule has 2 aliphatic carbocycles. The predicted molar refractivity (Wildman–Crippen MR) is 136 cm³/mol. The molecule has 0 amide bonds. The van der Waals surface area contributed by atoms with E-state index in [1.807, 2.05) is 6.20 Å². The monoisotopic (exact) mass is 464 g/mol. The second-order valence-electron chi connectivity index (χ2n) is 10.6. The van der Waals surface area contributed by atoms with Crippen molar-refractivity contribution >= 4 is 23.1 Å². The van der Waals surface area contributed by atoms with E-state index in [0.717, 1.165) is 70.5 Å². The molecule has 0 atom stereocenters. The van der Waals surface area contributed by atoms with Crippen LogP contribution in [0.15, 0.2) is 42.9 Å². The fourth-order valence-electron chi connectivity index (χ4n) is 5.20. The zero-order valence-electron chi connectivity index (χ0n) is 20.1. The molecule has 1 N–H and O–H groups in total. The van der Waals surface area contributed by atoms with E-state index < -0.39 is 0 Å². The number of nitrogens with zero attached hydrogens (tertiary/aromatic N) is 5. The molecule has 4 aromatic rings. The minimum Gasteiger partial charge on any atom is -0.491 e. The van der Waals surface area contributed by atoms with Gasteiger partial charge < -0.3 is 14.6 Å². The number of benzene rings is 1. The van der Waals surface area contributed by atoms with Crippen molar-refractivity contribution in [1.29, 1.82) is 0 Å². The van der Waals surface area contributed by atoms with E-state index in [-0.39, 0.29) is 5.41 Å². The summed E-state index contributed by atoms with van der Waals surface area (Å²) in [5.41, 5.74) is 7.50. The Balaban J connectivity index is 1.23. The highest BCUT2D eigenvalue weighted by Crippen LogP contribution is 2.40. The summed E-state index contributed by atoms with van der Waals surface area (Å²) in [4.78, 5) is 24.4. The summed E-state index contributed by atoms with van der Waals surface area (Å²) in [6.07, 6.45) is 11.4. The number of nitrogens with one attached hydrogen (secondary N) is 1. The molecule has 1 fully saturated rings. The Hall–Kier alpha value is -3.74. The van der Waals surface area contributed by atoms with Crippen molar-refractivity contribution < 1.29 is 4.74 Å². The van der Waals surface area contributed by atoms with Gasteiger partial charge in [0, 0.05) is 35.3 Å². The molecule has 4 heterocycles. The first kappa shape index (κ1) is 20.6. The fraction of sp³-hybridized carbons (Fsp3) is 0.357. The number of imidazole rings is 1. The number of pyridine rings is 1. The van der Waals surface area contributed by atoms with Gasteiger partial charge in [0.25, 0.3) is 0 Å². The van der Waals surface area contributed by atoms with E-state index in [4.69, 9.17) is 9.72 Å². The number of allylic oxidation sites excluding steroid dienone is 1. The lowest BCUT2D eigenvalue weighted by atomic mass is 9.81. The topological polar surface area (TPSA) is 79.8 Å². The first-order valence-corrected chi connectivity index (χ1v) is 12.4. The molecule has 0 spiro atoms. The van der Waals surface area contributed by atoms with Gasteiger partial charge in [-0.15, -0.1) is 0 Å². The van der Waals surface area contributed by atoms with Crippen molar-refractivity contribution in [2.45, 2.75) is 45.6 Å². The van der Waals surface area contributed by atoms with Gasteiger partial charge in [-0.3, -0.25) is 0 Å². The summed E-state index contributed by atoms with van der Waals surface area (Å²) in [7, 11) is 0. The highest BCUT2D eigenvalue weighted by molar-refractivity contribution is 5.78. The Bertz CT molecular complexity index is 1480. The molecule has 35 heavy (non-hydrogen) atoms. The van der Waals surface area contributed by atoms with Gasteiger partial charge >= 0.3 is 0 Å². The smallest absolute Gasteiger partial charge is 0.177 e. The van der Waals surface area contributed by atoms with Crippen LogP contribution in [0.4, 0.5) is 5.82 Å². The lowest BCUT2D eigenvalue weighted by Crippen LogP contribution is -2.29. The zero-order chi connectivity index (χ0) is 23.6. The Morgan fingerprint density at radius 1 is 1.09 bits per heavy atom. The number of fused-ring (bicyclic) bond motifs is 3. The van der Waals surface area contributed by atoms with Crippen LogP contribution in [0.25, 0.3) is 28.4 Å². The van der Waals surface area contributed by atoms with Gasteiger partial charge in [0.2, 0.25) is 0 Å². The van der Waals surface area contributed by atoms with Crippen LogP contribution < -0.4 is 9.64 Å². The quantitative estimate of drug-likeness (QED) is 0.444. The molecule has 3 aromatic heterocycles. The van der Waals surface area contributed by atoms with Gasteiger partial charge in [-0.25, -0.2) is 19.9 Å². The molecule has 7 rings (SSSR count). The van der Waals surface area contributed by atoms with E-state index in [2.05, 4.69) is 75.1 Å². The van der Waals surface area contributed by atoms with E-state index in [9.17, 15) is 0 Å². The average molecular weight is 465 g/mol. The molecule has 1 saturated carbocycles. The van der Waals surface area contributed by atoms with Crippen LogP contribution in [0.3, 0.4) is 0 Å².